The number of piperidine rings is 2. The number of unbranched alkanes of at least 4 members (excludes halogenated alkanes) is 5. The van der Waals surface area contributed by atoms with E-state index < -0.39 is 29.3 Å². The minimum atomic E-state index is -1.31. The van der Waals surface area contributed by atoms with E-state index in [0.29, 0.717) is 29.7 Å². The quantitative estimate of drug-likeness (QED) is 0.114. The zero-order valence-electron chi connectivity index (χ0n) is 31.4. The lowest BCUT2D eigenvalue weighted by Crippen LogP contribution is -2.74. The number of fused-ring (bicyclic) bond motifs is 6. The molecule has 4 aliphatic heterocycles. The second kappa shape index (κ2) is 15.0. The van der Waals surface area contributed by atoms with E-state index in [1.54, 1.807) is 29.5 Å². The topological polar surface area (TPSA) is 165 Å². The van der Waals surface area contributed by atoms with E-state index in [1.165, 1.54) is 4.88 Å². The Morgan fingerprint density at radius 1 is 0.946 bits per heavy atom. The van der Waals surface area contributed by atoms with Crippen LogP contribution in [-0.2, 0) is 14.4 Å². The van der Waals surface area contributed by atoms with Gasteiger partial charge in [-0.05, 0) is 76.3 Å². The van der Waals surface area contributed by atoms with Crippen LogP contribution in [0.5, 0.6) is 5.75 Å². The molecule has 5 amide bonds. The number of thiophene rings is 1. The predicted octanol–water partition coefficient (Wildman–Crippen LogP) is 6.13. The number of hydrogen-bond acceptors (Lipinski definition) is 10. The molecule has 0 unspecified atom stereocenters. The van der Waals surface area contributed by atoms with Crippen molar-refractivity contribution < 1.29 is 28.7 Å². The van der Waals surface area contributed by atoms with Gasteiger partial charge in [0.25, 0.3) is 17.7 Å². The van der Waals surface area contributed by atoms with E-state index in [4.69, 9.17) is 21.3 Å². The van der Waals surface area contributed by atoms with E-state index in [1.807, 2.05) is 35.8 Å². The molecular weight excluding hydrogens is 754 g/mol. The van der Waals surface area contributed by atoms with Gasteiger partial charge in [0.05, 0.1) is 29.9 Å². The Bertz CT molecular complexity index is 2310. The summed E-state index contributed by atoms with van der Waals surface area (Å²) in [4.78, 5) is 72.2. The molecule has 15 heteroatoms. The lowest BCUT2D eigenvalue weighted by atomic mass is 9.63. The number of nitrogens with zero attached hydrogens (tertiary/aromatic N) is 5. The molecule has 1 atom stereocenters. The van der Waals surface area contributed by atoms with Crippen molar-refractivity contribution in [1.29, 1.82) is 0 Å². The molecule has 0 spiro atoms. The summed E-state index contributed by atoms with van der Waals surface area (Å²) >= 11 is 7.90. The fraction of sp³-hybridized carbons (Fsp3) is 0.415. The van der Waals surface area contributed by atoms with Gasteiger partial charge >= 0.3 is 0 Å². The molecule has 2 aromatic heterocycles. The van der Waals surface area contributed by atoms with Gasteiger partial charge in [-0.2, -0.15) is 0 Å². The Hall–Kier alpha value is -5.21. The normalized spacial score (nSPS) is 20.8. The molecule has 56 heavy (non-hydrogen) atoms. The molecule has 2 N–H and O–H groups in total. The monoisotopic (exact) mass is 795 g/mol. The van der Waals surface area contributed by atoms with Crippen molar-refractivity contribution in [3.8, 4) is 10.8 Å². The van der Waals surface area contributed by atoms with Gasteiger partial charge < -0.3 is 10.1 Å². The van der Waals surface area contributed by atoms with Crippen molar-refractivity contribution in [3.63, 3.8) is 0 Å². The Morgan fingerprint density at radius 3 is 2.43 bits per heavy atom. The van der Waals surface area contributed by atoms with Crippen molar-refractivity contribution in [3.05, 3.63) is 91.8 Å². The minimum absolute atomic E-state index is 0.0962. The van der Waals surface area contributed by atoms with E-state index in [-0.39, 0.29) is 48.1 Å². The summed E-state index contributed by atoms with van der Waals surface area (Å²) in [5.74, 6) is -0.775. The van der Waals surface area contributed by atoms with Gasteiger partial charge in [0.1, 0.15) is 28.2 Å². The van der Waals surface area contributed by atoms with Crippen LogP contribution in [0.2, 0.25) is 5.02 Å². The molecule has 2 saturated heterocycles. The van der Waals surface area contributed by atoms with Crippen molar-refractivity contribution in [2.24, 2.45) is 10.9 Å². The maximum Gasteiger partial charge on any atom is 0.266 e. The molecule has 1 aliphatic carbocycles. The molecule has 290 valence electrons. The van der Waals surface area contributed by atoms with E-state index in [2.05, 4.69) is 34.7 Å². The molecule has 6 heterocycles. The van der Waals surface area contributed by atoms with E-state index in [9.17, 15) is 24.0 Å². The first-order valence-corrected chi connectivity index (χ1v) is 20.3. The number of aryl methyl sites for hydroxylation is 2. The zero-order valence-corrected chi connectivity index (χ0v) is 33.0. The summed E-state index contributed by atoms with van der Waals surface area (Å²) in [5, 5.41) is 15.9. The highest BCUT2D eigenvalue weighted by molar-refractivity contribution is 7.15. The van der Waals surface area contributed by atoms with Gasteiger partial charge in [0.15, 0.2) is 5.82 Å². The molecule has 2 aromatic carbocycles. The van der Waals surface area contributed by atoms with Gasteiger partial charge in [-0.3, -0.25) is 43.7 Å². The molecular formula is C41H42ClN7O6S. The summed E-state index contributed by atoms with van der Waals surface area (Å²) in [6.45, 7) is 7.05. The highest BCUT2D eigenvalue weighted by atomic mass is 35.5. The summed E-state index contributed by atoms with van der Waals surface area (Å²) < 4.78 is 8.04. The van der Waals surface area contributed by atoms with Crippen LogP contribution in [0.15, 0.2) is 47.5 Å². The number of carbonyl (C=O) groups excluding carboxylic acids is 5. The fourth-order valence-electron chi connectivity index (χ4n) is 8.23. The number of nitrogens with one attached hydrogen (secondary N) is 2. The Kier molecular flexibility index (Phi) is 10.1. The Morgan fingerprint density at radius 2 is 1.68 bits per heavy atom. The van der Waals surface area contributed by atoms with Crippen LogP contribution in [0.25, 0.3) is 5.00 Å². The standard InChI is InChI=1S/C41H42ClN7O6S/c1-22-23(2)56-39-32(22)34(25-13-15-27(42)16-14-25)44-29(35-47-46-24(3)48(35)39)19-31(50)43-17-8-6-4-5-7-9-18-55-30-12-10-11-28-33(30)38(53)49(37(28)52)41-20-26(21-41)36(51)45-40(41)54/h10-16,26,29H,4-9,17-21H2,1-3H3,(H,43,50)(H,45,51,54)/t26?,29-,41?/m0/s1. The number of aliphatic imine (C=N–C) groups is 1. The van der Waals surface area contributed by atoms with E-state index >= 15 is 0 Å². The van der Waals surface area contributed by atoms with Gasteiger partial charge in [0.2, 0.25) is 11.8 Å². The first kappa shape index (κ1) is 37.7. The lowest BCUT2D eigenvalue weighted by molar-refractivity contribution is -0.158. The van der Waals surface area contributed by atoms with E-state index in [0.717, 1.165) is 76.7 Å². The second-order valence-electron chi connectivity index (χ2n) is 15.0. The molecule has 0 radical (unpaired) electrons. The first-order chi connectivity index (χ1) is 27.0. The van der Waals surface area contributed by atoms with Crippen LogP contribution in [0.1, 0.15) is 118 Å². The molecule has 4 aromatic rings. The minimum Gasteiger partial charge on any atom is -0.493 e. The van der Waals surface area contributed by atoms with Crippen LogP contribution in [0, 0.1) is 26.7 Å². The first-order valence-electron chi connectivity index (χ1n) is 19.1. The van der Waals surface area contributed by atoms with Crippen LogP contribution < -0.4 is 15.4 Å². The number of imide groups is 2. The third-order valence-corrected chi connectivity index (χ3v) is 12.8. The van der Waals surface area contributed by atoms with Crippen molar-refractivity contribution in [2.45, 2.75) is 90.1 Å². The number of ether oxygens (including phenoxy) is 1. The van der Waals surface area contributed by atoms with Crippen LogP contribution in [0.3, 0.4) is 0 Å². The summed E-state index contributed by atoms with van der Waals surface area (Å²) in [6.07, 6.45) is 5.91. The highest BCUT2D eigenvalue weighted by Gasteiger charge is 2.65. The van der Waals surface area contributed by atoms with Crippen molar-refractivity contribution >= 4 is 58.2 Å². The smallest absolute Gasteiger partial charge is 0.266 e. The predicted molar refractivity (Wildman–Crippen MR) is 210 cm³/mol. The maximum atomic E-state index is 13.5. The van der Waals surface area contributed by atoms with Crippen molar-refractivity contribution in [2.75, 3.05) is 13.2 Å². The molecule has 2 bridgehead atoms. The second-order valence-corrected chi connectivity index (χ2v) is 16.6. The van der Waals surface area contributed by atoms with Gasteiger partial charge in [-0.1, -0.05) is 55.5 Å². The number of carbonyl (C=O) groups is 5. The summed E-state index contributed by atoms with van der Waals surface area (Å²) in [5.41, 5.74) is 2.98. The lowest BCUT2D eigenvalue weighted by Gasteiger charge is -2.52. The van der Waals surface area contributed by atoms with Crippen LogP contribution in [0.4, 0.5) is 0 Å². The molecule has 9 rings (SSSR count). The summed E-state index contributed by atoms with van der Waals surface area (Å²) in [6, 6.07) is 12.0. The third kappa shape index (κ3) is 6.51. The van der Waals surface area contributed by atoms with Gasteiger partial charge in [-0.25, -0.2) is 0 Å². The number of halogens is 1. The Balaban J connectivity index is 0.794. The number of hydrogen-bond donors (Lipinski definition) is 2. The number of amides is 5. The molecule has 13 nitrogen and oxygen atoms in total. The average Bonchev–Trinajstić information content (AvgIpc) is 3.73. The largest absolute Gasteiger partial charge is 0.493 e. The van der Waals surface area contributed by atoms with Crippen LogP contribution >= 0.6 is 22.9 Å². The molecule has 3 fully saturated rings. The maximum absolute atomic E-state index is 13.5. The number of rotatable bonds is 14. The van der Waals surface area contributed by atoms with Gasteiger partial charge in [0, 0.05) is 33.5 Å². The SMILES string of the molecule is Cc1sc2c(c1C)C(c1ccc(Cl)cc1)=N[C@@H](CC(=O)NCCCCCCCCOc1cccc3c1C(=O)N(C14CC(C1)C(=O)NC4=O)C3=O)c1nnc(C)n1-2. The van der Waals surface area contributed by atoms with Crippen LogP contribution in [-0.4, -0.2) is 73.6 Å². The average molecular weight is 796 g/mol. The number of aromatic nitrogens is 3. The highest BCUT2D eigenvalue weighted by Crippen LogP contribution is 2.49. The molecule has 1 saturated carbocycles. The van der Waals surface area contributed by atoms with Gasteiger partial charge in [-0.15, -0.1) is 21.5 Å². The van der Waals surface area contributed by atoms with Crippen molar-refractivity contribution in [1.82, 2.24) is 30.3 Å². The number of benzene rings is 2. The Labute approximate surface area is 332 Å². The fourth-order valence-corrected chi connectivity index (χ4v) is 9.57. The summed E-state index contributed by atoms with van der Waals surface area (Å²) in [7, 11) is 0. The third-order valence-electron chi connectivity index (χ3n) is 11.4. The molecule has 5 aliphatic rings. The zero-order chi connectivity index (χ0) is 39.3.